The van der Waals surface area contributed by atoms with Gasteiger partial charge in [-0.25, -0.2) is 4.39 Å². The number of benzene rings is 1. The molecule has 0 radical (unpaired) electrons. The van der Waals surface area contributed by atoms with E-state index >= 15 is 0 Å². The van der Waals surface area contributed by atoms with Crippen LogP contribution in [0.5, 0.6) is 0 Å². The van der Waals surface area contributed by atoms with E-state index in [-0.39, 0.29) is 11.9 Å². The Morgan fingerprint density at radius 3 is 2.89 bits per heavy atom. The lowest BCUT2D eigenvalue weighted by Gasteiger charge is -2.19. The second-order valence-electron chi connectivity index (χ2n) is 5.33. The van der Waals surface area contributed by atoms with Gasteiger partial charge in [0.05, 0.1) is 0 Å². The summed E-state index contributed by atoms with van der Waals surface area (Å²) < 4.78 is 13.2. The van der Waals surface area contributed by atoms with Gasteiger partial charge in [-0.1, -0.05) is 30.7 Å². The molecular formula is C17H24FN. The predicted molar refractivity (Wildman–Crippen MR) is 78.6 cm³/mol. The minimum absolute atomic E-state index is 0.146. The Kier molecular flexibility index (Phi) is 5.59. The molecule has 1 aliphatic carbocycles. The molecule has 0 spiro atoms. The molecule has 0 fully saturated rings. The van der Waals surface area contributed by atoms with Gasteiger partial charge >= 0.3 is 0 Å². The number of allylic oxidation sites excluding steroid dienone is 1. The zero-order valence-corrected chi connectivity index (χ0v) is 11.8. The summed E-state index contributed by atoms with van der Waals surface area (Å²) >= 11 is 0. The fourth-order valence-corrected chi connectivity index (χ4v) is 2.76. The van der Waals surface area contributed by atoms with E-state index < -0.39 is 0 Å². The lowest BCUT2D eigenvalue weighted by atomic mass is 9.97. The number of halogens is 1. The molecule has 1 aliphatic rings. The van der Waals surface area contributed by atoms with E-state index in [2.05, 4.69) is 18.3 Å². The molecule has 2 rings (SSSR count). The Hall–Kier alpha value is -1.15. The van der Waals surface area contributed by atoms with Crippen LogP contribution in [0.4, 0.5) is 4.39 Å². The van der Waals surface area contributed by atoms with Crippen LogP contribution < -0.4 is 5.32 Å². The Balaban J connectivity index is 1.84. The highest BCUT2D eigenvalue weighted by atomic mass is 19.1. The summed E-state index contributed by atoms with van der Waals surface area (Å²) in [6.07, 6.45) is 9.71. The van der Waals surface area contributed by atoms with Gasteiger partial charge in [0.15, 0.2) is 0 Å². The molecule has 0 bridgehead atoms. The lowest BCUT2D eigenvalue weighted by molar-refractivity contribution is 0.511. The SMILES string of the molecule is CCC(NCCC1=CCCCC1)c1cccc(F)c1. The van der Waals surface area contributed by atoms with Gasteiger partial charge in [-0.2, -0.15) is 0 Å². The number of rotatable bonds is 6. The van der Waals surface area contributed by atoms with E-state index in [1.165, 1.54) is 31.7 Å². The van der Waals surface area contributed by atoms with E-state index in [9.17, 15) is 4.39 Å². The maximum Gasteiger partial charge on any atom is 0.123 e. The minimum atomic E-state index is -0.146. The monoisotopic (exact) mass is 261 g/mol. The van der Waals surface area contributed by atoms with Gasteiger partial charge < -0.3 is 5.32 Å². The third-order valence-electron chi connectivity index (χ3n) is 3.88. The van der Waals surface area contributed by atoms with Crippen LogP contribution in [0, 0.1) is 5.82 Å². The molecule has 0 saturated carbocycles. The van der Waals surface area contributed by atoms with Crippen molar-refractivity contribution in [2.24, 2.45) is 0 Å². The van der Waals surface area contributed by atoms with Crippen LogP contribution in [0.15, 0.2) is 35.9 Å². The van der Waals surface area contributed by atoms with E-state index in [1.807, 2.05) is 6.07 Å². The smallest absolute Gasteiger partial charge is 0.123 e. The fourth-order valence-electron chi connectivity index (χ4n) is 2.76. The zero-order valence-electron chi connectivity index (χ0n) is 11.8. The van der Waals surface area contributed by atoms with Gasteiger partial charge in [-0.05, 0) is 62.8 Å². The number of hydrogen-bond acceptors (Lipinski definition) is 1. The number of nitrogens with one attached hydrogen (secondary N) is 1. The predicted octanol–water partition coefficient (Wildman–Crippen LogP) is 4.76. The molecular weight excluding hydrogens is 237 g/mol. The standard InChI is InChI=1S/C17H24FN/c1-2-17(15-9-6-10-16(18)13-15)19-12-11-14-7-4-3-5-8-14/h6-7,9-10,13,17,19H,2-5,8,11-12H2,1H3. The topological polar surface area (TPSA) is 12.0 Å². The first kappa shape index (κ1) is 14.3. The van der Waals surface area contributed by atoms with Crippen molar-refractivity contribution in [3.8, 4) is 0 Å². The molecule has 1 atom stereocenters. The molecule has 0 amide bonds. The third kappa shape index (κ3) is 4.46. The Morgan fingerprint density at radius 2 is 2.21 bits per heavy atom. The first-order valence-corrected chi connectivity index (χ1v) is 7.46. The molecule has 1 nitrogen and oxygen atoms in total. The minimum Gasteiger partial charge on any atom is -0.310 e. The Morgan fingerprint density at radius 1 is 1.32 bits per heavy atom. The second-order valence-corrected chi connectivity index (χ2v) is 5.33. The van der Waals surface area contributed by atoms with E-state index in [0.29, 0.717) is 0 Å². The Labute approximate surface area is 115 Å². The molecule has 0 heterocycles. The highest BCUT2D eigenvalue weighted by Gasteiger charge is 2.10. The summed E-state index contributed by atoms with van der Waals surface area (Å²) in [7, 11) is 0. The van der Waals surface area contributed by atoms with Crippen molar-refractivity contribution < 1.29 is 4.39 Å². The molecule has 1 aromatic rings. The summed E-state index contributed by atoms with van der Waals surface area (Å²) in [5, 5.41) is 3.55. The highest BCUT2D eigenvalue weighted by molar-refractivity contribution is 5.20. The van der Waals surface area contributed by atoms with Crippen molar-refractivity contribution in [3.05, 3.63) is 47.3 Å². The maximum atomic E-state index is 13.2. The van der Waals surface area contributed by atoms with Crippen molar-refractivity contribution in [1.82, 2.24) is 5.32 Å². The quantitative estimate of drug-likeness (QED) is 0.728. The molecule has 1 N–H and O–H groups in total. The lowest BCUT2D eigenvalue weighted by Crippen LogP contribution is -2.22. The average Bonchev–Trinajstić information content (AvgIpc) is 2.45. The fraction of sp³-hybridized carbons (Fsp3) is 0.529. The summed E-state index contributed by atoms with van der Waals surface area (Å²) in [4.78, 5) is 0. The van der Waals surface area contributed by atoms with Crippen LogP contribution in [0.1, 0.15) is 57.1 Å². The Bertz CT molecular complexity index is 425. The molecule has 1 unspecified atom stereocenters. The van der Waals surface area contributed by atoms with Gasteiger partial charge in [0.1, 0.15) is 5.82 Å². The average molecular weight is 261 g/mol. The highest BCUT2D eigenvalue weighted by Crippen LogP contribution is 2.21. The van der Waals surface area contributed by atoms with Crippen LogP contribution in [-0.2, 0) is 0 Å². The van der Waals surface area contributed by atoms with Crippen molar-refractivity contribution in [2.75, 3.05) is 6.54 Å². The second kappa shape index (κ2) is 7.44. The van der Waals surface area contributed by atoms with Crippen molar-refractivity contribution in [1.29, 1.82) is 0 Å². The molecule has 1 aromatic carbocycles. The van der Waals surface area contributed by atoms with E-state index in [0.717, 1.165) is 24.9 Å². The van der Waals surface area contributed by atoms with Gasteiger partial charge in [0, 0.05) is 6.04 Å². The van der Waals surface area contributed by atoms with Crippen LogP contribution in [0.2, 0.25) is 0 Å². The summed E-state index contributed by atoms with van der Waals surface area (Å²) in [5.41, 5.74) is 2.65. The van der Waals surface area contributed by atoms with Crippen LogP contribution in [-0.4, -0.2) is 6.54 Å². The van der Waals surface area contributed by atoms with E-state index in [1.54, 1.807) is 17.7 Å². The summed E-state index contributed by atoms with van der Waals surface area (Å²) in [5.74, 6) is -0.146. The molecule has 0 aromatic heterocycles. The number of hydrogen-bond donors (Lipinski definition) is 1. The van der Waals surface area contributed by atoms with Crippen LogP contribution in [0.25, 0.3) is 0 Å². The summed E-state index contributed by atoms with van der Waals surface area (Å²) in [6, 6.07) is 7.20. The first-order chi connectivity index (χ1) is 9.29. The van der Waals surface area contributed by atoms with Gasteiger partial charge in [-0.15, -0.1) is 0 Å². The van der Waals surface area contributed by atoms with Crippen LogP contribution in [0.3, 0.4) is 0 Å². The zero-order chi connectivity index (χ0) is 13.5. The van der Waals surface area contributed by atoms with Crippen LogP contribution >= 0.6 is 0 Å². The third-order valence-corrected chi connectivity index (χ3v) is 3.88. The molecule has 104 valence electrons. The van der Waals surface area contributed by atoms with Crippen molar-refractivity contribution in [3.63, 3.8) is 0 Å². The van der Waals surface area contributed by atoms with Gasteiger partial charge in [0.2, 0.25) is 0 Å². The summed E-state index contributed by atoms with van der Waals surface area (Å²) in [6.45, 7) is 3.13. The first-order valence-electron chi connectivity index (χ1n) is 7.46. The van der Waals surface area contributed by atoms with Gasteiger partial charge in [-0.3, -0.25) is 0 Å². The van der Waals surface area contributed by atoms with Crippen molar-refractivity contribution >= 4 is 0 Å². The normalized spacial score (nSPS) is 17.1. The molecule has 0 saturated heterocycles. The van der Waals surface area contributed by atoms with Gasteiger partial charge in [0.25, 0.3) is 0 Å². The van der Waals surface area contributed by atoms with Crippen molar-refractivity contribution in [2.45, 2.75) is 51.5 Å². The molecule has 0 aliphatic heterocycles. The molecule has 19 heavy (non-hydrogen) atoms. The van der Waals surface area contributed by atoms with E-state index in [4.69, 9.17) is 0 Å². The molecule has 2 heteroatoms. The largest absolute Gasteiger partial charge is 0.310 e. The maximum absolute atomic E-state index is 13.2.